The molecule has 0 radical (unpaired) electrons. The molecule has 2 aromatic carbocycles. The highest BCUT2D eigenvalue weighted by Crippen LogP contribution is 2.29. The van der Waals surface area contributed by atoms with Crippen LogP contribution in [0.1, 0.15) is 25.0 Å². The average molecular weight is 322 g/mol. The number of nitrogens with one attached hydrogen (secondary N) is 1. The van der Waals surface area contributed by atoms with E-state index in [0.717, 1.165) is 23.4 Å². The number of hydrogen-bond acceptors (Lipinski definition) is 3. The molecule has 0 saturated heterocycles. The third kappa shape index (κ3) is 5.32. The Morgan fingerprint density at radius 1 is 1.00 bits per heavy atom. The molecule has 0 aliphatic heterocycles. The number of hydrazone groups is 1. The van der Waals surface area contributed by atoms with Crippen molar-refractivity contribution in [3.05, 3.63) is 59.7 Å². The zero-order valence-electron chi connectivity index (χ0n) is 12.8. The Labute approximate surface area is 132 Å². The quantitative estimate of drug-likeness (QED) is 0.625. The van der Waals surface area contributed by atoms with Crippen LogP contribution in [0.2, 0.25) is 0 Å². The fraction of sp³-hybridized carbons (Fsp3) is 0.235. The minimum absolute atomic E-state index is 0.107. The topological polar surface area (TPSA) is 33.6 Å². The lowest BCUT2D eigenvalue weighted by atomic mass is 10.2. The van der Waals surface area contributed by atoms with Gasteiger partial charge in [0.15, 0.2) is 0 Å². The van der Waals surface area contributed by atoms with Crippen molar-refractivity contribution in [2.45, 2.75) is 26.1 Å². The van der Waals surface area contributed by atoms with E-state index in [9.17, 15) is 13.2 Å². The summed E-state index contributed by atoms with van der Waals surface area (Å²) in [5, 5.41) is 4.00. The molecule has 2 rings (SSSR count). The van der Waals surface area contributed by atoms with E-state index in [1.165, 1.54) is 12.1 Å². The first-order valence-electron chi connectivity index (χ1n) is 7.07. The molecule has 0 aromatic heterocycles. The number of anilines is 1. The molecule has 0 atom stereocenters. The van der Waals surface area contributed by atoms with Gasteiger partial charge in [-0.15, -0.1) is 0 Å². The fourth-order valence-corrected chi connectivity index (χ4v) is 1.82. The Bertz CT molecular complexity index is 647. The number of rotatable bonds is 5. The number of nitrogens with zero attached hydrogens (tertiary/aromatic N) is 1. The van der Waals surface area contributed by atoms with Crippen LogP contribution in [-0.4, -0.2) is 12.3 Å². The molecule has 23 heavy (non-hydrogen) atoms. The van der Waals surface area contributed by atoms with Gasteiger partial charge in [0.05, 0.1) is 23.6 Å². The van der Waals surface area contributed by atoms with Gasteiger partial charge in [0, 0.05) is 0 Å². The van der Waals surface area contributed by atoms with E-state index in [4.69, 9.17) is 4.74 Å². The van der Waals surface area contributed by atoms with E-state index >= 15 is 0 Å². The Hall–Kier alpha value is -2.50. The van der Waals surface area contributed by atoms with Crippen molar-refractivity contribution in [1.29, 1.82) is 0 Å². The Morgan fingerprint density at radius 2 is 1.61 bits per heavy atom. The van der Waals surface area contributed by atoms with Crippen LogP contribution in [0.5, 0.6) is 5.75 Å². The molecule has 0 bridgehead atoms. The summed E-state index contributed by atoms with van der Waals surface area (Å²) in [6.07, 6.45) is -2.64. The van der Waals surface area contributed by atoms with Crippen LogP contribution in [0.15, 0.2) is 53.6 Å². The Balaban J connectivity index is 1.93. The van der Waals surface area contributed by atoms with Gasteiger partial charge in [-0.3, -0.25) is 5.43 Å². The van der Waals surface area contributed by atoms with Gasteiger partial charge in [-0.2, -0.15) is 18.3 Å². The second-order valence-corrected chi connectivity index (χ2v) is 5.18. The summed E-state index contributed by atoms with van der Waals surface area (Å²) in [6.45, 7) is 3.90. The first kappa shape index (κ1) is 16.9. The van der Waals surface area contributed by atoms with Crippen LogP contribution >= 0.6 is 0 Å². The SMILES string of the molecule is CC(C)Oc1ccc(C=NNc2ccc(C(F)(F)F)cc2)cc1. The maximum absolute atomic E-state index is 12.4. The van der Waals surface area contributed by atoms with Gasteiger partial charge >= 0.3 is 6.18 Å². The highest BCUT2D eigenvalue weighted by Gasteiger charge is 2.29. The van der Waals surface area contributed by atoms with Crippen LogP contribution in [0.25, 0.3) is 0 Å². The lowest BCUT2D eigenvalue weighted by Crippen LogP contribution is -2.05. The minimum atomic E-state index is -4.33. The van der Waals surface area contributed by atoms with Gasteiger partial charge in [-0.05, 0) is 67.9 Å². The van der Waals surface area contributed by atoms with Crippen LogP contribution < -0.4 is 10.2 Å². The Morgan fingerprint density at radius 3 is 2.13 bits per heavy atom. The number of hydrogen-bond donors (Lipinski definition) is 1. The van der Waals surface area contributed by atoms with Crippen molar-refractivity contribution in [1.82, 2.24) is 0 Å². The van der Waals surface area contributed by atoms with Crippen molar-refractivity contribution in [3.8, 4) is 5.75 Å². The standard InChI is InChI=1S/C17H17F3N2O/c1-12(2)23-16-9-3-13(4-10-16)11-21-22-15-7-5-14(6-8-15)17(18,19)20/h3-12,22H,1-2H3. The third-order valence-corrected chi connectivity index (χ3v) is 2.87. The zero-order valence-corrected chi connectivity index (χ0v) is 12.8. The molecule has 0 aliphatic carbocycles. The molecule has 0 amide bonds. The number of ether oxygens (including phenoxy) is 1. The minimum Gasteiger partial charge on any atom is -0.491 e. The highest BCUT2D eigenvalue weighted by molar-refractivity contribution is 5.80. The number of halogens is 3. The van der Waals surface area contributed by atoms with Crippen molar-refractivity contribution < 1.29 is 17.9 Å². The molecule has 0 saturated carbocycles. The summed E-state index contributed by atoms with van der Waals surface area (Å²) < 4.78 is 42.9. The monoisotopic (exact) mass is 322 g/mol. The van der Waals surface area contributed by atoms with Crippen molar-refractivity contribution in [3.63, 3.8) is 0 Å². The molecule has 0 fully saturated rings. The molecule has 2 aromatic rings. The molecule has 3 nitrogen and oxygen atoms in total. The van der Waals surface area contributed by atoms with Crippen molar-refractivity contribution in [2.75, 3.05) is 5.43 Å². The number of alkyl halides is 3. The van der Waals surface area contributed by atoms with Gasteiger partial charge in [-0.1, -0.05) is 0 Å². The first-order valence-corrected chi connectivity index (χ1v) is 7.07. The average Bonchev–Trinajstić information content (AvgIpc) is 2.48. The zero-order chi connectivity index (χ0) is 16.9. The molecule has 0 unspecified atom stereocenters. The van der Waals surface area contributed by atoms with E-state index in [0.29, 0.717) is 5.69 Å². The molecule has 1 N–H and O–H groups in total. The van der Waals surface area contributed by atoms with Gasteiger partial charge in [0.2, 0.25) is 0 Å². The smallest absolute Gasteiger partial charge is 0.416 e. The molecule has 0 spiro atoms. The van der Waals surface area contributed by atoms with Gasteiger partial charge in [0.1, 0.15) is 5.75 Å². The Kier molecular flexibility index (Phi) is 5.26. The summed E-state index contributed by atoms with van der Waals surface area (Å²) in [7, 11) is 0. The van der Waals surface area contributed by atoms with E-state index in [1.807, 2.05) is 38.1 Å². The maximum Gasteiger partial charge on any atom is 0.416 e. The molecule has 0 heterocycles. The summed E-state index contributed by atoms with van der Waals surface area (Å²) in [5.41, 5.74) is 3.33. The summed E-state index contributed by atoms with van der Waals surface area (Å²) in [4.78, 5) is 0. The predicted molar refractivity (Wildman–Crippen MR) is 84.9 cm³/mol. The fourth-order valence-electron chi connectivity index (χ4n) is 1.82. The molecular weight excluding hydrogens is 305 g/mol. The van der Waals surface area contributed by atoms with Gasteiger partial charge in [0.25, 0.3) is 0 Å². The van der Waals surface area contributed by atoms with E-state index < -0.39 is 11.7 Å². The summed E-state index contributed by atoms with van der Waals surface area (Å²) in [5.74, 6) is 0.771. The van der Waals surface area contributed by atoms with Crippen LogP contribution in [0.4, 0.5) is 18.9 Å². The van der Waals surface area contributed by atoms with Gasteiger partial charge < -0.3 is 4.74 Å². The largest absolute Gasteiger partial charge is 0.491 e. The second-order valence-electron chi connectivity index (χ2n) is 5.18. The van der Waals surface area contributed by atoms with Crippen LogP contribution in [0, 0.1) is 0 Å². The van der Waals surface area contributed by atoms with Crippen molar-refractivity contribution >= 4 is 11.9 Å². The third-order valence-electron chi connectivity index (χ3n) is 2.87. The van der Waals surface area contributed by atoms with E-state index in [1.54, 1.807) is 6.21 Å². The lowest BCUT2D eigenvalue weighted by Gasteiger charge is -2.09. The highest BCUT2D eigenvalue weighted by atomic mass is 19.4. The van der Waals surface area contributed by atoms with Gasteiger partial charge in [-0.25, -0.2) is 0 Å². The number of benzene rings is 2. The molecular formula is C17H17F3N2O. The lowest BCUT2D eigenvalue weighted by molar-refractivity contribution is -0.137. The van der Waals surface area contributed by atoms with Crippen LogP contribution in [0.3, 0.4) is 0 Å². The van der Waals surface area contributed by atoms with Crippen molar-refractivity contribution in [2.24, 2.45) is 5.10 Å². The predicted octanol–water partition coefficient (Wildman–Crippen LogP) is 4.94. The van der Waals surface area contributed by atoms with E-state index in [2.05, 4.69) is 10.5 Å². The first-order chi connectivity index (χ1) is 10.8. The summed E-state index contributed by atoms with van der Waals surface area (Å²) >= 11 is 0. The van der Waals surface area contributed by atoms with Crippen LogP contribution in [-0.2, 0) is 6.18 Å². The maximum atomic E-state index is 12.4. The normalized spacial score (nSPS) is 11.9. The molecule has 6 heteroatoms. The molecule has 122 valence electrons. The van der Waals surface area contributed by atoms with E-state index in [-0.39, 0.29) is 6.10 Å². The second kappa shape index (κ2) is 7.17. The molecule has 0 aliphatic rings. The summed E-state index contributed by atoms with van der Waals surface area (Å²) in [6, 6.07) is 12.0.